The van der Waals surface area contributed by atoms with Crippen LogP contribution in [0.15, 0.2) is 24.3 Å². The average Bonchev–Trinajstić information content (AvgIpc) is 2.32. The molecule has 0 aliphatic heterocycles. The van der Waals surface area contributed by atoms with Gasteiger partial charge in [-0.25, -0.2) is 0 Å². The summed E-state index contributed by atoms with van der Waals surface area (Å²) in [4.78, 5) is 11.1. The molecule has 0 saturated carbocycles. The molecule has 0 fully saturated rings. The molecule has 2 N–H and O–H groups in total. The van der Waals surface area contributed by atoms with Crippen LogP contribution in [-0.4, -0.2) is 30.8 Å². The Morgan fingerprint density at radius 1 is 1.35 bits per heavy atom. The first-order chi connectivity index (χ1) is 8.26. The topological polar surface area (TPSA) is 58.6 Å². The molecule has 0 unspecified atom stereocenters. The summed E-state index contributed by atoms with van der Waals surface area (Å²) in [5.74, 6) is 0.749. The zero-order chi connectivity index (χ0) is 12.5. The third-order valence-electron chi connectivity index (χ3n) is 2.31. The molecule has 0 heterocycles. The maximum atomic E-state index is 11.1. The Bertz CT molecular complexity index is 335. The highest BCUT2D eigenvalue weighted by Gasteiger charge is 1.99. The number of nitrogens with one attached hydrogen (secondary N) is 1. The van der Waals surface area contributed by atoms with Gasteiger partial charge in [-0.3, -0.25) is 4.79 Å². The molecule has 4 nitrogen and oxygen atoms in total. The van der Waals surface area contributed by atoms with E-state index in [1.54, 1.807) is 0 Å². The molecule has 1 aromatic rings. The molecule has 94 valence electrons. The van der Waals surface area contributed by atoms with Gasteiger partial charge < -0.3 is 15.2 Å². The molecule has 0 spiro atoms. The van der Waals surface area contributed by atoms with Crippen LogP contribution < -0.4 is 10.1 Å². The monoisotopic (exact) mass is 237 g/mol. The number of carbonyl (C=O) groups is 1. The van der Waals surface area contributed by atoms with Gasteiger partial charge >= 0.3 is 0 Å². The van der Waals surface area contributed by atoms with E-state index in [9.17, 15) is 4.79 Å². The second-order valence-corrected chi connectivity index (χ2v) is 3.65. The molecule has 0 aromatic heterocycles. The zero-order valence-corrected chi connectivity index (χ0v) is 10.1. The predicted molar refractivity (Wildman–Crippen MR) is 66.0 cm³/mol. The van der Waals surface area contributed by atoms with Crippen LogP contribution in [0, 0.1) is 0 Å². The summed E-state index contributed by atoms with van der Waals surface area (Å²) in [6.07, 6.45) is 0.951. The summed E-state index contributed by atoms with van der Waals surface area (Å²) < 4.78 is 5.34. The molecular weight excluding hydrogens is 218 g/mol. The molecule has 1 aromatic carbocycles. The van der Waals surface area contributed by atoms with E-state index in [-0.39, 0.29) is 18.9 Å². The SMILES string of the molecule is CCOc1ccc(CCNC(=O)CCO)cc1. The van der Waals surface area contributed by atoms with Gasteiger partial charge in [-0.15, -0.1) is 0 Å². The quantitative estimate of drug-likeness (QED) is 0.747. The number of hydrogen-bond donors (Lipinski definition) is 2. The Hall–Kier alpha value is -1.55. The molecule has 4 heteroatoms. The molecule has 0 saturated heterocycles. The van der Waals surface area contributed by atoms with E-state index >= 15 is 0 Å². The lowest BCUT2D eigenvalue weighted by Crippen LogP contribution is -2.26. The third-order valence-corrected chi connectivity index (χ3v) is 2.31. The minimum atomic E-state index is -0.113. The summed E-state index contributed by atoms with van der Waals surface area (Å²) in [5, 5.41) is 11.3. The number of rotatable bonds is 7. The van der Waals surface area contributed by atoms with Crippen LogP contribution in [0.4, 0.5) is 0 Å². The lowest BCUT2D eigenvalue weighted by molar-refractivity contribution is -0.121. The summed E-state index contributed by atoms with van der Waals surface area (Å²) in [5.41, 5.74) is 1.15. The number of aliphatic hydroxyl groups is 1. The van der Waals surface area contributed by atoms with Crippen LogP contribution in [0.2, 0.25) is 0 Å². The molecule has 0 bridgehead atoms. The van der Waals surface area contributed by atoms with Crippen molar-refractivity contribution in [3.63, 3.8) is 0 Å². The van der Waals surface area contributed by atoms with Crippen LogP contribution >= 0.6 is 0 Å². The average molecular weight is 237 g/mol. The number of hydrogen-bond acceptors (Lipinski definition) is 3. The molecule has 0 atom stereocenters. The van der Waals surface area contributed by atoms with E-state index in [0.29, 0.717) is 13.2 Å². The van der Waals surface area contributed by atoms with Gasteiger partial charge in [0.15, 0.2) is 0 Å². The molecule has 0 aliphatic rings. The second-order valence-electron chi connectivity index (χ2n) is 3.65. The number of carbonyl (C=O) groups excluding carboxylic acids is 1. The van der Waals surface area contributed by atoms with Gasteiger partial charge in [0.05, 0.1) is 13.2 Å². The standard InChI is InChI=1S/C13H19NO3/c1-2-17-12-5-3-11(4-6-12)7-9-14-13(16)8-10-15/h3-6,15H,2,7-10H2,1H3,(H,14,16). The van der Waals surface area contributed by atoms with Crippen molar-refractivity contribution in [3.05, 3.63) is 29.8 Å². The van der Waals surface area contributed by atoms with E-state index in [1.807, 2.05) is 31.2 Å². The minimum Gasteiger partial charge on any atom is -0.494 e. The van der Waals surface area contributed by atoms with E-state index < -0.39 is 0 Å². The van der Waals surface area contributed by atoms with Crippen molar-refractivity contribution in [2.24, 2.45) is 0 Å². The van der Waals surface area contributed by atoms with Crippen molar-refractivity contribution in [3.8, 4) is 5.75 Å². The number of benzene rings is 1. The molecule has 1 rings (SSSR count). The number of aliphatic hydroxyl groups excluding tert-OH is 1. The summed E-state index contributed by atoms with van der Waals surface area (Å²) in [7, 11) is 0. The normalized spacial score (nSPS) is 10.0. The van der Waals surface area contributed by atoms with Crippen molar-refractivity contribution >= 4 is 5.91 Å². The van der Waals surface area contributed by atoms with Gasteiger partial charge in [-0.05, 0) is 31.0 Å². The van der Waals surface area contributed by atoms with E-state index in [1.165, 1.54) is 0 Å². The smallest absolute Gasteiger partial charge is 0.222 e. The highest BCUT2D eigenvalue weighted by Crippen LogP contribution is 2.12. The lowest BCUT2D eigenvalue weighted by atomic mass is 10.1. The second kappa shape index (κ2) is 7.68. The fourth-order valence-electron chi connectivity index (χ4n) is 1.46. The van der Waals surface area contributed by atoms with Crippen molar-refractivity contribution in [1.29, 1.82) is 0 Å². The molecular formula is C13H19NO3. The molecule has 0 radical (unpaired) electrons. The summed E-state index contributed by atoms with van der Waals surface area (Å²) >= 11 is 0. The van der Waals surface area contributed by atoms with E-state index in [2.05, 4.69) is 5.32 Å². The maximum Gasteiger partial charge on any atom is 0.222 e. The Balaban J connectivity index is 2.29. The van der Waals surface area contributed by atoms with Gasteiger partial charge in [0.1, 0.15) is 5.75 Å². The number of amides is 1. The first kappa shape index (κ1) is 13.5. The summed E-state index contributed by atoms with van der Waals surface area (Å²) in [6, 6.07) is 7.83. The van der Waals surface area contributed by atoms with Crippen LogP contribution in [0.1, 0.15) is 18.9 Å². The van der Waals surface area contributed by atoms with Gasteiger partial charge in [0, 0.05) is 13.0 Å². The predicted octanol–water partition coefficient (Wildman–Crippen LogP) is 1.13. The molecule has 1 amide bonds. The Morgan fingerprint density at radius 3 is 2.65 bits per heavy atom. The Morgan fingerprint density at radius 2 is 2.06 bits per heavy atom. The van der Waals surface area contributed by atoms with Crippen LogP contribution in [-0.2, 0) is 11.2 Å². The molecule has 0 aliphatic carbocycles. The van der Waals surface area contributed by atoms with Crippen molar-refractivity contribution in [1.82, 2.24) is 5.32 Å². The van der Waals surface area contributed by atoms with E-state index in [0.717, 1.165) is 17.7 Å². The maximum absolute atomic E-state index is 11.1. The van der Waals surface area contributed by atoms with Gasteiger partial charge in [0.2, 0.25) is 5.91 Å². The fraction of sp³-hybridized carbons (Fsp3) is 0.462. The third kappa shape index (κ3) is 5.36. The largest absolute Gasteiger partial charge is 0.494 e. The van der Waals surface area contributed by atoms with Crippen molar-refractivity contribution in [2.75, 3.05) is 19.8 Å². The Kier molecular flexibility index (Phi) is 6.10. The fourth-order valence-corrected chi connectivity index (χ4v) is 1.46. The van der Waals surface area contributed by atoms with Gasteiger partial charge in [0.25, 0.3) is 0 Å². The van der Waals surface area contributed by atoms with Crippen molar-refractivity contribution < 1.29 is 14.6 Å². The first-order valence-corrected chi connectivity index (χ1v) is 5.85. The Labute approximate surface area is 102 Å². The van der Waals surface area contributed by atoms with Gasteiger partial charge in [-0.2, -0.15) is 0 Å². The van der Waals surface area contributed by atoms with Gasteiger partial charge in [-0.1, -0.05) is 12.1 Å². The number of ether oxygens (including phenoxy) is 1. The van der Waals surface area contributed by atoms with Crippen LogP contribution in [0.3, 0.4) is 0 Å². The van der Waals surface area contributed by atoms with Crippen molar-refractivity contribution in [2.45, 2.75) is 19.8 Å². The zero-order valence-electron chi connectivity index (χ0n) is 10.1. The molecule has 17 heavy (non-hydrogen) atoms. The first-order valence-electron chi connectivity index (χ1n) is 5.85. The highest BCUT2D eigenvalue weighted by atomic mass is 16.5. The summed E-state index contributed by atoms with van der Waals surface area (Å²) in [6.45, 7) is 3.10. The van der Waals surface area contributed by atoms with E-state index in [4.69, 9.17) is 9.84 Å². The highest BCUT2D eigenvalue weighted by molar-refractivity contribution is 5.75. The lowest BCUT2D eigenvalue weighted by Gasteiger charge is -2.06. The van der Waals surface area contributed by atoms with Crippen LogP contribution in [0.25, 0.3) is 0 Å². The minimum absolute atomic E-state index is 0.102. The van der Waals surface area contributed by atoms with Crippen LogP contribution in [0.5, 0.6) is 5.75 Å².